The lowest BCUT2D eigenvalue weighted by Gasteiger charge is -2.56. The Kier molecular flexibility index (Phi) is 3.08. The number of nitrogens with zero attached hydrogens (tertiary/aromatic N) is 3. The molecule has 2 fully saturated rings. The SMILES string of the molecule is CC(=O)N1CCN(c2cc(Cl)cc3[nH]ncc23)CC12CCC2. The minimum Gasteiger partial charge on any atom is -0.367 e. The fourth-order valence-electron chi connectivity index (χ4n) is 3.95. The lowest BCUT2D eigenvalue weighted by molar-refractivity contribution is -0.140. The van der Waals surface area contributed by atoms with E-state index in [0.717, 1.165) is 49.1 Å². The molecule has 22 heavy (non-hydrogen) atoms. The van der Waals surface area contributed by atoms with E-state index in [9.17, 15) is 4.79 Å². The summed E-state index contributed by atoms with van der Waals surface area (Å²) in [5.41, 5.74) is 2.09. The molecule has 5 nitrogen and oxygen atoms in total. The van der Waals surface area contributed by atoms with Crippen LogP contribution in [0.15, 0.2) is 18.3 Å². The van der Waals surface area contributed by atoms with E-state index < -0.39 is 0 Å². The van der Waals surface area contributed by atoms with Crippen molar-refractivity contribution < 1.29 is 4.79 Å². The molecular formula is C16H19ClN4O. The zero-order valence-electron chi connectivity index (χ0n) is 12.6. The van der Waals surface area contributed by atoms with Crippen molar-refractivity contribution in [3.05, 3.63) is 23.4 Å². The van der Waals surface area contributed by atoms with Gasteiger partial charge in [-0.15, -0.1) is 0 Å². The zero-order valence-corrected chi connectivity index (χ0v) is 13.4. The van der Waals surface area contributed by atoms with Gasteiger partial charge in [0.25, 0.3) is 0 Å². The number of hydrogen-bond acceptors (Lipinski definition) is 3. The van der Waals surface area contributed by atoms with Crippen LogP contribution in [0.4, 0.5) is 5.69 Å². The first-order valence-corrected chi connectivity index (χ1v) is 8.13. The molecule has 1 N–H and O–H groups in total. The molecule has 1 amide bonds. The maximum atomic E-state index is 11.9. The average molecular weight is 319 g/mol. The standard InChI is InChI=1S/C16H19ClN4O/c1-11(22)21-6-5-20(10-16(21)3-2-4-16)15-8-12(17)7-14-13(15)9-18-19-14/h7-9H,2-6,10H2,1H3,(H,18,19). The molecule has 1 saturated heterocycles. The van der Waals surface area contributed by atoms with Crippen LogP contribution in [-0.4, -0.2) is 46.2 Å². The van der Waals surface area contributed by atoms with Crippen molar-refractivity contribution in [3.8, 4) is 0 Å². The summed E-state index contributed by atoms with van der Waals surface area (Å²) in [6, 6.07) is 3.91. The fraction of sp³-hybridized carbons (Fsp3) is 0.500. The lowest BCUT2D eigenvalue weighted by Crippen LogP contribution is -2.66. The van der Waals surface area contributed by atoms with Gasteiger partial charge in [0.15, 0.2) is 0 Å². The Bertz CT molecular complexity index is 737. The quantitative estimate of drug-likeness (QED) is 0.879. The van der Waals surface area contributed by atoms with E-state index >= 15 is 0 Å². The van der Waals surface area contributed by atoms with Crippen LogP contribution in [0.3, 0.4) is 0 Å². The Labute approximate surface area is 134 Å². The van der Waals surface area contributed by atoms with Crippen LogP contribution in [0.1, 0.15) is 26.2 Å². The van der Waals surface area contributed by atoms with Crippen LogP contribution in [0, 0.1) is 0 Å². The number of aromatic amines is 1. The van der Waals surface area contributed by atoms with Gasteiger partial charge in [0, 0.05) is 42.7 Å². The van der Waals surface area contributed by atoms with Crippen LogP contribution in [-0.2, 0) is 4.79 Å². The van der Waals surface area contributed by atoms with E-state index in [2.05, 4.69) is 20.0 Å². The van der Waals surface area contributed by atoms with Crippen molar-refractivity contribution in [1.82, 2.24) is 15.1 Å². The molecule has 0 unspecified atom stereocenters. The first-order valence-electron chi connectivity index (χ1n) is 7.75. The molecule has 2 heterocycles. The lowest BCUT2D eigenvalue weighted by atomic mass is 9.73. The smallest absolute Gasteiger partial charge is 0.220 e. The average Bonchev–Trinajstić information content (AvgIpc) is 2.91. The number of halogens is 1. The van der Waals surface area contributed by atoms with Crippen molar-refractivity contribution in [1.29, 1.82) is 0 Å². The van der Waals surface area contributed by atoms with Crippen LogP contribution in [0.5, 0.6) is 0 Å². The highest BCUT2D eigenvalue weighted by atomic mass is 35.5. The van der Waals surface area contributed by atoms with Gasteiger partial charge in [-0.3, -0.25) is 9.89 Å². The molecule has 6 heteroatoms. The number of hydrogen-bond donors (Lipinski definition) is 1. The molecule has 1 aromatic carbocycles. The van der Waals surface area contributed by atoms with E-state index in [1.807, 2.05) is 18.3 Å². The number of aromatic nitrogens is 2. The summed E-state index contributed by atoms with van der Waals surface area (Å²) in [5, 5.41) is 8.93. The molecule has 0 radical (unpaired) electrons. The number of carbonyl (C=O) groups is 1. The largest absolute Gasteiger partial charge is 0.367 e. The third kappa shape index (κ3) is 1.99. The molecule has 2 aromatic rings. The Morgan fingerprint density at radius 3 is 2.86 bits per heavy atom. The zero-order chi connectivity index (χ0) is 15.3. The van der Waals surface area contributed by atoms with Crippen molar-refractivity contribution in [2.24, 2.45) is 0 Å². The number of rotatable bonds is 1. The predicted molar refractivity (Wildman–Crippen MR) is 87.3 cm³/mol. The predicted octanol–water partition coefficient (Wildman–Crippen LogP) is 2.81. The van der Waals surface area contributed by atoms with Gasteiger partial charge in [0.1, 0.15) is 0 Å². The van der Waals surface area contributed by atoms with Gasteiger partial charge in [-0.05, 0) is 31.4 Å². The summed E-state index contributed by atoms with van der Waals surface area (Å²) in [6.07, 6.45) is 5.25. The van der Waals surface area contributed by atoms with Gasteiger partial charge in [-0.25, -0.2) is 0 Å². The number of piperazine rings is 1. The Morgan fingerprint density at radius 1 is 1.36 bits per heavy atom. The number of fused-ring (bicyclic) bond motifs is 1. The Morgan fingerprint density at radius 2 is 2.18 bits per heavy atom. The molecule has 116 valence electrons. The number of benzene rings is 1. The molecule has 0 bridgehead atoms. The van der Waals surface area contributed by atoms with Gasteiger partial charge in [0.05, 0.1) is 17.3 Å². The molecule has 1 aliphatic carbocycles. The summed E-state index contributed by atoms with van der Waals surface area (Å²) in [4.78, 5) is 16.4. The highest BCUT2D eigenvalue weighted by Gasteiger charge is 2.47. The molecule has 1 spiro atoms. The number of anilines is 1. The van der Waals surface area contributed by atoms with Crippen LogP contribution in [0.25, 0.3) is 10.9 Å². The number of nitrogens with one attached hydrogen (secondary N) is 1. The van der Waals surface area contributed by atoms with Crippen molar-refractivity contribution in [2.75, 3.05) is 24.5 Å². The van der Waals surface area contributed by atoms with E-state index in [-0.39, 0.29) is 11.4 Å². The second-order valence-corrected chi connectivity index (χ2v) is 6.86. The molecule has 0 atom stereocenters. The molecule has 1 saturated carbocycles. The van der Waals surface area contributed by atoms with Gasteiger partial charge in [0.2, 0.25) is 5.91 Å². The van der Waals surface area contributed by atoms with Crippen LogP contribution >= 0.6 is 11.6 Å². The molecule has 1 aromatic heterocycles. The Hall–Kier alpha value is -1.75. The van der Waals surface area contributed by atoms with Gasteiger partial charge < -0.3 is 9.80 Å². The second kappa shape index (κ2) is 4.88. The monoisotopic (exact) mass is 318 g/mol. The maximum absolute atomic E-state index is 11.9. The van der Waals surface area contributed by atoms with E-state index in [0.29, 0.717) is 5.02 Å². The normalized spacial score (nSPS) is 20.5. The van der Waals surface area contributed by atoms with E-state index in [1.54, 1.807) is 6.92 Å². The summed E-state index contributed by atoms with van der Waals surface area (Å²) in [7, 11) is 0. The minimum absolute atomic E-state index is 0.0163. The summed E-state index contributed by atoms with van der Waals surface area (Å²) < 4.78 is 0. The molecular weight excluding hydrogens is 300 g/mol. The highest BCUT2D eigenvalue weighted by Crippen LogP contribution is 2.42. The van der Waals surface area contributed by atoms with Gasteiger partial charge >= 0.3 is 0 Å². The van der Waals surface area contributed by atoms with E-state index in [4.69, 9.17) is 11.6 Å². The first kappa shape index (κ1) is 13.9. The van der Waals surface area contributed by atoms with Crippen molar-refractivity contribution in [3.63, 3.8) is 0 Å². The molecule has 1 aliphatic heterocycles. The fourth-order valence-corrected chi connectivity index (χ4v) is 4.16. The van der Waals surface area contributed by atoms with Crippen molar-refractivity contribution >= 4 is 34.1 Å². The van der Waals surface area contributed by atoms with Gasteiger partial charge in [-0.1, -0.05) is 11.6 Å². The summed E-state index contributed by atoms with van der Waals surface area (Å²) in [5.74, 6) is 0.193. The number of amides is 1. The summed E-state index contributed by atoms with van der Waals surface area (Å²) >= 11 is 6.26. The van der Waals surface area contributed by atoms with Gasteiger partial charge in [-0.2, -0.15) is 5.10 Å². The Balaban J connectivity index is 1.71. The third-order valence-corrected chi connectivity index (χ3v) is 5.38. The van der Waals surface area contributed by atoms with Crippen LogP contribution < -0.4 is 4.90 Å². The highest BCUT2D eigenvalue weighted by molar-refractivity contribution is 6.31. The topological polar surface area (TPSA) is 52.2 Å². The number of H-pyrrole nitrogens is 1. The molecule has 2 aliphatic rings. The second-order valence-electron chi connectivity index (χ2n) is 6.43. The van der Waals surface area contributed by atoms with Crippen LogP contribution in [0.2, 0.25) is 5.02 Å². The number of carbonyl (C=O) groups excluding carboxylic acids is 1. The summed E-state index contributed by atoms with van der Waals surface area (Å²) in [6.45, 7) is 4.18. The first-order chi connectivity index (χ1) is 10.6. The maximum Gasteiger partial charge on any atom is 0.220 e. The molecule has 4 rings (SSSR count). The van der Waals surface area contributed by atoms with E-state index in [1.165, 1.54) is 6.42 Å². The van der Waals surface area contributed by atoms with Crippen molar-refractivity contribution in [2.45, 2.75) is 31.7 Å². The minimum atomic E-state index is 0.0163. The third-order valence-electron chi connectivity index (χ3n) is 5.16.